The van der Waals surface area contributed by atoms with E-state index in [1.54, 1.807) is 0 Å². The highest BCUT2D eigenvalue weighted by Crippen LogP contribution is 2.22. The van der Waals surface area contributed by atoms with Gasteiger partial charge in [0, 0.05) is 6.42 Å². The van der Waals surface area contributed by atoms with Crippen LogP contribution in [0, 0.1) is 6.92 Å². The highest BCUT2D eigenvalue weighted by Gasteiger charge is 2.10. The third kappa shape index (κ3) is 5.33. The van der Waals surface area contributed by atoms with Crippen molar-refractivity contribution in [2.45, 2.75) is 65.7 Å². The van der Waals surface area contributed by atoms with Crippen LogP contribution in [-0.4, -0.2) is 16.6 Å². The zero-order chi connectivity index (χ0) is 14.8. The molecule has 0 fully saturated rings. The van der Waals surface area contributed by atoms with Crippen molar-refractivity contribution in [3.8, 4) is 5.88 Å². The third-order valence-corrected chi connectivity index (χ3v) is 3.24. The van der Waals surface area contributed by atoms with Crippen molar-refractivity contribution in [3.63, 3.8) is 0 Å². The maximum absolute atomic E-state index is 5.80. The minimum atomic E-state index is 0.657. The van der Waals surface area contributed by atoms with Gasteiger partial charge in [0.15, 0.2) is 0 Å². The molecule has 0 bridgehead atoms. The average Bonchev–Trinajstić information content (AvgIpc) is 2.45. The van der Waals surface area contributed by atoms with Gasteiger partial charge in [0.25, 0.3) is 0 Å². The van der Waals surface area contributed by atoms with E-state index in [1.807, 2.05) is 6.92 Å². The molecule has 0 amide bonds. The van der Waals surface area contributed by atoms with Gasteiger partial charge in [-0.25, -0.2) is 10.8 Å². The Morgan fingerprint density at radius 1 is 1.05 bits per heavy atom. The van der Waals surface area contributed by atoms with Crippen LogP contribution in [0.1, 0.15) is 63.8 Å². The molecule has 0 spiro atoms. The van der Waals surface area contributed by atoms with Crippen LogP contribution in [0.5, 0.6) is 5.88 Å². The van der Waals surface area contributed by atoms with Gasteiger partial charge >= 0.3 is 0 Å². The highest BCUT2D eigenvalue weighted by atomic mass is 16.5. The number of anilines is 1. The molecule has 0 aliphatic carbocycles. The van der Waals surface area contributed by atoms with Crippen molar-refractivity contribution in [1.29, 1.82) is 0 Å². The summed E-state index contributed by atoms with van der Waals surface area (Å²) in [5.41, 5.74) is 3.50. The van der Waals surface area contributed by atoms with E-state index in [-0.39, 0.29) is 0 Å². The molecule has 0 aliphatic rings. The number of rotatable bonds is 10. The number of aryl methyl sites for hydroxylation is 1. The fraction of sp³-hybridized carbons (Fsp3) is 0.733. The summed E-state index contributed by atoms with van der Waals surface area (Å²) in [7, 11) is 0. The van der Waals surface area contributed by atoms with Crippen LogP contribution in [-0.2, 0) is 6.42 Å². The SMILES string of the molecule is CCCCCCCOc1nc(CCC)nc(NN)c1C. The Labute approximate surface area is 122 Å². The molecule has 0 aromatic carbocycles. The first-order chi connectivity index (χ1) is 9.72. The van der Waals surface area contributed by atoms with Gasteiger partial charge in [0.05, 0.1) is 12.2 Å². The summed E-state index contributed by atoms with van der Waals surface area (Å²) >= 11 is 0. The van der Waals surface area contributed by atoms with Crippen molar-refractivity contribution in [2.75, 3.05) is 12.0 Å². The van der Waals surface area contributed by atoms with Crippen LogP contribution in [0.15, 0.2) is 0 Å². The van der Waals surface area contributed by atoms with E-state index in [1.165, 1.54) is 25.7 Å². The summed E-state index contributed by atoms with van der Waals surface area (Å²) in [5, 5.41) is 0. The number of ether oxygens (including phenoxy) is 1. The summed E-state index contributed by atoms with van der Waals surface area (Å²) < 4.78 is 5.80. The molecule has 1 heterocycles. The molecular weight excluding hydrogens is 252 g/mol. The molecule has 5 nitrogen and oxygen atoms in total. The van der Waals surface area contributed by atoms with Crippen molar-refractivity contribution in [1.82, 2.24) is 9.97 Å². The minimum absolute atomic E-state index is 0.657. The molecule has 0 atom stereocenters. The maximum Gasteiger partial charge on any atom is 0.221 e. The minimum Gasteiger partial charge on any atom is -0.477 e. The predicted octanol–water partition coefficient (Wildman–Crippen LogP) is 3.37. The molecule has 114 valence electrons. The lowest BCUT2D eigenvalue weighted by molar-refractivity contribution is 0.290. The molecule has 0 radical (unpaired) electrons. The lowest BCUT2D eigenvalue weighted by Gasteiger charge is -2.12. The molecule has 0 saturated heterocycles. The zero-order valence-corrected chi connectivity index (χ0v) is 13.0. The van der Waals surface area contributed by atoms with Gasteiger partial charge in [-0.15, -0.1) is 0 Å². The van der Waals surface area contributed by atoms with Gasteiger partial charge in [-0.1, -0.05) is 39.5 Å². The molecule has 20 heavy (non-hydrogen) atoms. The molecule has 0 unspecified atom stereocenters. The van der Waals surface area contributed by atoms with Gasteiger partial charge in [-0.05, 0) is 19.8 Å². The molecule has 0 aliphatic heterocycles. The Bertz CT molecular complexity index is 396. The number of nitrogens with one attached hydrogen (secondary N) is 1. The number of nitrogen functional groups attached to an aromatic ring is 1. The Hall–Kier alpha value is -1.36. The molecule has 0 saturated carbocycles. The van der Waals surface area contributed by atoms with Crippen LogP contribution in [0.3, 0.4) is 0 Å². The van der Waals surface area contributed by atoms with Crippen molar-refractivity contribution in [3.05, 3.63) is 11.4 Å². The number of nitrogens with two attached hydrogens (primary N) is 1. The van der Waals surface area contributed by atoms with E-state index in [9.17, 15) is 0 Å². The summed E-state index contributed by atoms with van der Waals surface area (Å²) in [6.45, 7) is 6.96. The first-order valence-corrected chi connectivity index (χ1v) is 7.69. The lowest BCUT2D eigenvalue weighted by atomic mass is 10.2. The van der Waals surface area contributed by atoms with Crippen LogP contribution >= 0.6 is 0 Å². The quantitative estimate of drug-likeness (QED) is 0.390. The molecule has 3 N–H and O–H groups in total. The van der Waals surface area contributed by atoms with Gasteiger partial charge in [-0.2, -0.15) is 4.98 Å². The Morgan fingerprint density at radius 2 is 1.80 bits per heavy atom. The first kappa shape index (κ1) is 16.7. The van der Waals surface area contributed by atoms with E-state index in [0.29, 0.717) is 18.3 Å². The zero-order valence-electron chi connectivity index (χ0n) is 13.0. The number of unbranched alkanes of at least 4 members (excludes halogenated alkanes) is 4. The fourth-order valence-electron chi connectivity index (χ4n) is 2.03. The van der Waals surface area contributed by atoms with E-state index in [4.69, 9.17) is 10.6 Å². The molecule has 1 aromatic rings. The summed E-state index contributed by atoms with van der Waals surface area (Å²) in [6.07, 6.45) is 7.95. The number of hydrazine groups is 1. The van der Waals surface area contributed by atoms with Crippen LogP contribution < -0.4 is 16.0 Å². The molecular formula is C15H28N4O. The predicted molar refractivity (Wildman–Crippen MR) is 82.8 cm³/mol. The fourth-order valence-corrected chi connectivity index (χ4v) is 2.03. The van der Waals surface area contributed by atoms with Crippen LogP contribution in [0.2, 0.25) is 0 Å². The van der Waals surface area contributed by atoms with Crippen molar-refractivity contribution in [2.24, 2.45) is 5.84 Å². The van der Waals surface area contributed by atoms with E-state index in [2.05, 4.69) is 29.2 Å². The largest absolute Gasteiger partial charge is 0.477 e. The van der Waals surface area contributed by atoms with Gasteiger partial charge in [-0.3, -0.25) is 0 Å². The Balaban J connectivity index is 2.56. The maximum atomic E-state index is 5.80. The number of hydrogen-bond donors (Lipinski definition) is 2. The average molecular weight is 280 g/mol. The lowest BCUT2D eigenvalue weighted by Crippen LogP contribution is -2.14. The van der Waals surface area contributed by atoms with Gasteiger partial charge in [0.2, 0.25) is 5.88 Å². The highest BCUT2D eigenvalue weighted by molar-refractivity contribution is 5.47. The first-order valence-electron chi connectivity index (χ1n) is 7.69. The topological polar surface area (TPSA) is 73.1 Å². The normalized spacial score (nSPS) is 10.6. The van der Waals surface area contributed by atoms with E-state index in [0.717, 1.165) is 30.7 Å². The Kier molecular flexibility index (Phi) is 7.95. The molecule has 5 heteroatoms. The van der Waals surface area contributed by atoms with Gasteiger partial charge in [0.1, 0.15) is 11.6 Å². The number of hydrogen-bond acceptors (Lipinski definition) is 5. The second-order valence-electron chi connectivity index (χ2n) is 5.08. The summed E-state index contributed by atoms with van der Waals surface area (Å²) in [5.74, 6) is 7.60. The smallest absolute Gasteiger partial charge is 0.221 e. The van der Waals surface area contributed by atoms with Crippen molar-refractivity contribution < 1.29 is 4.74 Å². The van der Waals surface area contributed by atoms with Crippen LogP contribution in [0.4, 0.5) is 5.82 Å². The molecule has 1 rings (SSSR count). The van der Waals surface area contributed by atoms with E-state index < -0.39 is 0 Å². The summed E-state index contributed by atoms with van der Waals surface area (Å²) in [6, 6.07) is 0. The molecule has 1 aromatic heterocycles. The van der Waals surface area contributed by atoms with E-state index >= 15 is 0 Å². The second kappa shape index (κ2) is 9.53. The number of aromatic nitrogens is 2. The Morgan fingerprint density at radius 3 is 2.45 bits per heavy atom. The summed E-state index contributed by atoms with van der Waals surface area (Å²) in [4.78, 5) is 8.86. The standard InChI is InChI=1S/C15H28N4O/c1-4-6-7-8-9-11-20-15-12(3)14(19-16)17-13(18-15)10-5-2/h4-11,16H2,1-3H3,(H,17,18,19). The van der Waals surface area contributed by atoms with Crippen molar-refractivity contribution >= 4 is 5.82 Å². The van der Waals surface area contributed by atoms with Gasteiger partial charge < -0.3 is 10.2 Å². The monoisotopic (exact) mass is 280 g/mol. The third-order valence-electron chi connectivity index (χ3n) is 3.24. The second-order valence-corrected chi connectivity index (χ2v) is 5.08. The van der Waals surface area contributed by atoms with Crippen LogP contribution in [0.25, 0.3) is 0 Å². The number of nitrogens with zero attached hydrogens (tertiary/aromatic N) is 2.